The Labute approximate surface area is 137 Å². The maximum Gasteiger partial charge on any atom is 0.227 e. The number of aryl methyl sites for hydroxylation is 1. The molecule has 0 aliphatic heterocycles. The van der Waals surface area contributed by atoms with E-state index in [1.807, 2.05) is 31.2 Å². The summed E-state index contributed by atoms with van der Waals surface area (Å²) < 4.78 is 6.34. The highest BCUT2D eigenvalue weighted by molar-refractivity contribution is 9.10. The van der Waals surface area contributed by atoms with E-state index in [0.29, 0.717) is 17.3 Å². The van der Waals surface area contributed by atoms with Crippen molar-refractivity contribution < 1.29 is 9.53 Å². The van der Waals surface area contributed by atoms with Crippen LogP contribution in [-0.4, -0.2) is 12.5 Å². The molecule has 0 spiro atoms. The fourth-order valence-electron chi connectivity index (χ4n) is 1.77. The lowest BCUT2D eigenvalue weighted by atomic mass is 10.2. The van der Waals surface area contributed by atoms with Crippen LogP contribution in [0.3, 0.4) is 0 Å². The second-order valence-corrected chi connectivity index (χ2v) is 5.88. The maximum atomic E-state index is 11.9. The van der Waals surface area contributed by atoms with Gasteiger partial charge in [0.1, 0.15) is 5.75 Å². The highest BCUT2D eigenvalue weighted by Gasteiger charge is 2.06. The molecule has 0 bridgehead atoms. The molecule has 0 atom stereocenters. The second kappa shape index (κ2) is 7.48. The van der Waals surface area contributed by atoms with Gasteiger partial charge in [-0.2, -0.15) is 0 Å². The number of nitrogens with one attached hydrogen (secondary N) is 1. The summed E-state index contributed by atoms with van der Waals surface area (Å²) in [6, 6.07) is 13.0. The molecule has 3 nitrogen and oxygen atoms in total. The fraction of sp³-hybridized carbons (Fsp3) is 0.188. The minimum Gasteiger partial charge on any atom is -0.493 e. The number of amides is 1. The van der Waals surface area contributed by atoms with Gasteiger partial charge in [0.05, 0.1) is 18.7 Å². The first-order valence-electron chi connectivity index (χ1n) is 6.49. The number of halogens is 2. The molecular weight excluding hydrogens is 354 g/mol. The number of hydrogen-bond donors (Lipinski definition) is 1. The summed E-state index contributed by atoms with van der Waals surface area (Å²) in [7, 11) is 0. The zero-order valence-corrected chi connectivity index (χ0v) is 13.9. The topological polar surface area (TPSA) is 38.3 Å². The van der Waals surface area contributed by atoms with Crippen LogP contribution in [0.4, 0.5) is 5.69 Å². The molecule has 0 radical (unpaired) electrons. The number of benzene rings is 2. The van der Waals surface area contributed by atoms with Crippen molar-refractivity contribution in [2.75, 3.05) is 11.9 Å². The van der Waals surface area contributed by atoms with Crippen molar-refractivity contribution in [3.63, 3.8) is 0 Å². The first-order chi connectivity index (χ1) is 10.0. The summed E-state index contributed by atoms with van der Waals surface area (Å²) >= 11 is 9.27. The zero-order valence-electron chi connectivity index (χ0n) is 11.5. The van der Waals surface area contributed by atoms with Crippen LogP contribution in [0.1, 0.15) is 12.0 Å². The summed E-state index contributed by atoms with van der Waals surface area (Å²) in [5, 5.41) is 3.37. The number of carbonyl (C=O) groups is 1. The third-order valence-corrected chi connectivity index (χ3v) is 3.72. The Hall–Kier alpha value is -1.52. The minimum atomic E-state index is -0.120. The van der Waals surface area contributed by atoms with Gasteiger partial charge in [-0.15, -0.1) is 0 Å². The van der Waals surface area contributed by atoms with E-state index in [-0.39, 0.29) is 12.3 Å². The summed E-state index contributed by atoms with van der Waals surface area (Å²) in [6.07, 6.45) is 0.271. The Morgan fingerprint density at radius 3 is 2.86 bits per heavy atom. The smallest absolute Gasteiger partial charge is 0.227 e. The van der Waals surface area contributed by atoms with Gasteiger partial charge in [0.25, 0.3) is 0 Å². The van der Waals surface area contributed by atoms with E-state index < -0.39 is 0 Å². The molecule has 110 valence electrons. The van der Waals surface area contributed by atoms with Crippen LogP contribution in [0.2, 0.25) is 5.02 Å². The first kappa shape index (κ1) is 15.9. The van der Waals surface area contributed by atoms with Crippen molar-refractivity contribution in [2.24, 2.45) is 0 Å². The molecule has 0 saturated heterocycles. The van der Waals surface area contributed by atoms with Gasteiger partial charge >= 0.3 is 0 Å². The highest BCUT2D eigenvalue weighted by Crippen LogP contribution is 2.26. The van der Waals surface area contributed by atoms with E-state index >= 15 is 0 Å². The Morgan fingerprint density at radius 1 is 1.29 bits per heavy atom. The molecule has 1 amide bonds. The molecule has 0 aliphatic carbocycles. The molecule has 0 saturated carbocycles. The molecule has 0 heterocycles. The molecule has 21 heavy (non-hydrogen) atoms. The average Bonchev–Trinajstić information content (AvgIpc) is 2.43. The van der Waals surface area contributed by atoms with Crippen molar-refractivity contribution in [1.82, 2.24) is 0 Å². The predicted molar refractivity (Wildman–Crippen MR) is 89.1 cm³/mol. The summed E-state index contributed by atoms with van der Waals surface area (Å²) in [4.78, 5) is 11.9. The lowest BCUT2D eigenvalue weighted by Crippen LogP contribution is -2.15. The molecule has 2 aromatic rings. The predicted octanol–water partition coefficient (Wildman–Crippen LogP) is 4.82. The van der Waals surface area contributed by atoms with Gasteiger partial charge in [-0.05, 0) is 58.7 Å². The quantitative estimate of drug-likeness (QED) is 0.822. The minimum absolute atomic E-state index is 0.120. The molecule has 0 unspecified atom stereocenters. The third kappa shape index (κ3) is 5.06. The maximum absolute atomic E-state index is 11.9. The summed E-state index contributed by atoms with van der Waals surface area (Å²) in [5.74, 6) is 0.650. The second-order valence-electron chi connectivity index (χ2n) is 4.59. The number of anilines is 1. The molecule has 0 fully saturated rings. The Morgan fingerprint density at radius 2 is 2.10 bits per heavy atom. The average molecular weight is 369 g/mol. The van der Waals surface area contributed by atoms with Crippen LogP contribution >= 0.6 is 27.5 Å². The number of ether oxygens (including phenoxy) is 1. The summed E-state index contributed by atoms with van der Waals surface area (Å²) in [5.41, 5.74) is 1.78. The summed E-state index contributed by atoms with van der Waals surface area (Å²) in [6.45, 7) is 2.32. The molecule has 0 aromatic heterocycles. The number of rotatable bonds is 5. The van der Waals surface area contributed by atoms with Crippen LogP contribution in [0.25, 0.3) is 0 Å². The van der Waals surface area contributed by atoms with Gasteiger partial charge < -0.3 is 10.1 Å². The third-order valence-electron chi connectivity index (χ3n) is 2.79. The Bertz CT molecular complexity index is 646. The van der Waals surface area contributed by atoms with E-state index in [9.17, 15) is 4.79 Å². The molecular formula is C16H15BrClNO2. The van der Waals surface area contributed by atoms with Crippen molar-refractivity contribution in [1.29, 1.82) is 0 Å². The van der Waals surface area contributed by atoms with E-state index in [4.69, 9.17) is 16.3 Å². The lowest BCUT2D eigenvalue weighted by molar-refractivity contribution is -0.116. The van der Waals surface area contributed by atoms with Crippen molar-refractivity contribution >= 4 is 39.1 Å². The highest BCUT2D eigenvalue weighted by atomic mass is 79.9. The van der Waals surface area contributed by atoms with Crippen LogP contribution < -0.4 is 10.1 Å². The van der Waals surface area contributed by atoms with Gasteiger partial charge in [-0.25, -0.2) is 0 Å². The number of hydrogen-bond acceptors (Lipinski definition) is 2. The zero-order chi connectivity index (χ0) is 15.2. The van der Waals surface area contributed by atoms with E-state index in [1.165, 1.54) is 0 Å². The van der Waals surface area contributed by atoms with Gasteiger partial charge in [0.2, 0.25) is 5.91 Å². The Kier molecular flexibility index (Phi) is 5.65. The molecule has 5 heteroatoms. The SMILES string of the molecule is Cc1cccc(OCCC(=O)Nc2cc(Cl)ccc2Br)c1. The number of carbonyl (C=O) groups excluding carboxylic acids is 1. The van der Waals surface area contributed by atoms with Crippen LogP contribution in [0, 0.1) is 6.92 Å². The molecule has 2 rings (SSSR count). The standard InChI is InChI=1S/C16H15BrClNO2/c1-11-3-2-4-13(9-11)21-8-7-16(20)19-15-10-12(18)5-6-14(15)17/h2-6,9-10H,7-8H2,1H3,(H,19,20). The normalized spacial score (nSPS) is 10.2. The fourth-order valence-corrected chi connectivity index (χ4v) is 2.29. The Balaban J connectivity index is 1.84. The molecule has 1 N–H and O–H groups in total. The molecule has 2 aromatic carbocycles. The van der Waals surface area contributed by atoms with Gasteiger partial charge in [-0.3, -0.25) is 4.79 Å². The lowest BCUT2D eigenvalue weighted by Gasteiger charge is -2.09. The van der Waals surface area contributed by atoms with Gasteiger partial charge in [-0.1, -0.05) is 23.7 Å². The largest absolute Gasteiger partial charge is 0.493 e. The van der Waals surface area contributed by atoms with Crippen LogP contribution in [-0.2, 0) is 4.79 Å². The van der Waals surface area contributed by atoms with Crippen molar-refractivity contribution in [3.05, 3.63) is 57.5 Å². The van der Waals surface area contributed by atoms with Crippen molar-refractivity contribution in [3.8, 4) is 5.75 Å². The van der Waals surface area contributed by atoms with Gasteiger partial charge in [0.15, 0.2) is 0 Å². The van der Waals surface area contributed by atoms with E-state index in [1.54, 1.807) is 18.2 Å². The first-order valence-corrected chi connectivity index (χ1v) is 7.66. The van der Waals surface area contributed by atoms with Crippen LogP contribution in [0.15, 0.2) is 46.9 Å². The van der Waals surface area contributed by atoms with E-state index in [2.05, 4.69) is 21.2 Å². The van der Waals surface area contributed by atoms with Gasteiger partial charge in [0, 0.05) is 9.50 Å². The molecule has 0 aliphatic rings. The monoisotopic (exact) mass is 367 g/mol. The van der Waals surface area contributed by atoms with E-state index in [0.717, 1.165) is 15.8 Å². The van der Waals surface area contributed by atoms with Crippen LogP contribution in [0.5, 0.6) is 5.75 Å². The van der Waals surface area contributed by atoms with Crippen molar-refractivity contribution in [2.45, 2.75) is 13.3 Å².